The average molecular weight is 287 g/mol. The number of hydrogen-bond donors (Lipinski definition) is 2. The molecular formula is C14H23ClN2O2. The quantitative estimate of drug-likeness (QED) is 0.766. The van der Waals surface area contributed by atoms with E-state index < -0.39 is 6.10 Å². The molecule has 0 aliphatic heterocycles. The van der Waals surface area contributed by atoms with Gasteiger partial charge in [0.25, 0.3) is 0 Å². The Kier molecular flexibility index (Phi) is 7.16. The van der Waals surface area contributed by atoms with Gasteiger partial charge in [0, 0.05) is 27.2 Å². The van der Waals surface area contributed by atoms with Crippen LogP contribution < -0.4 is 10.2 Å². The molecule has 0 amide bonds. The number of anilines is 1. The molecule has 1 aromatic rings. The van der Waals surface area contributed by atoms with Crippen LogP contribution in [-0.4, -0.2) is 45.1 Å². The number of para-hydroxylation sites is 1. The molecule has 19 heavy (non-hydrogen) atoms. The summed E-state index contributed by atoms with van der Waals surface area (Å²) >= 11 is 6.28. The predicted molar refractivity (Wildman–Crippen MR) is 80.0 cm³/mol. The predicted octanol–water partition coefficient (Wildman–Crippen LogP) is 1.89. The maximum Gasteiger partial charge on any atom is 0.0947 e. The summed E-state index contributed by atoms with van der Waals surface area (Å²) < 4.78 is 4.94. The van der Waals surface area contributed by atoms with Gasteiger partial charge in [0.15, 0.2) is 0 Å². The number of methoxy groups -OCH3 is 1. The van der Waals surface area contributed by atoms with Crippen LogP contribution in [0.4, 0.5) is 5.69 Å². The van der Waals surface area contributed by atoms with Gasteiger partial charge in [0.2, 0.25) is 0 Å². The number of rotatable bonds is 8. The van der Waals surface area contributed by atoms with Gasteiger partial charge in [-0.15, -0.1) is 0 Å². The van der Waals surface area contributed by atoms with E-state index in [0.29, 0.717) is 18.2 Å². The van der Waals surface area contributed by atoms with Gasteiger partial charge in [-0.05, 0) is 18.2 Å². The number of aliphatic hydroxyl groups is 1. The van der Waals surface area contributed by atoms with E-state index >= 15 is 0 Å². The summed E-state index contributed by atoms with van der Waals surface area (Å²) in [4.78, 5) is 1.97. The molecule has 0 bridgehead atoms. The molecule has 1 rings (SSSR count). The van der Waals surface area contributed by atoms with E-state index in [4.69, 9.17) is 16.3 Å². The third-order valence-electron chi connectivity index (χ3n) is 2.86. The number of likely N-dealkylation sites (N-methyl/N-ethyl adjacent to an activating group) is 1. The van der Waals surface area contributed by atoms with Crippen molar-refractivity contribution in [2.45, 2.75) is 19.6 Å². The number of ether oxygens (including phenoxy) is 1. The number of nitrogens with one attached hydrogen (secondary N) is 1. The second-order valence-electron chi connectivity index (χ2n) is 4.52. The van der Waals surface area contributed by atoms with E-state index in [-0.39, 0.29) is 0 Å². The maximum absolute atomic E-state index is 9.81. The van der Waals surface area contributed by atoms with E-state index in [2.05, 4.69) is 12.2 Å². The largest absolute Gasteiger partial charge is 0.389 e. The van der Waals surface area contributed by atoms with E-state index in [0.717, 1.165) is 24.3 Å². The van der Waals surface area contributed by atoms with Crippen molar-refractivity contribution in [1.82, 2.24) is 5.32 Å². The van der Waals surface area contributed by atoms with Crippen molar-refractivity contribution < 1.29 is 9.84 Å². The molecule has 1 unspecified atom stereocenters. The third kappa shape index (κ3) is 4.99. The molecule has 0 aromatic heterocycles. The van der Waals surface area contributed by atoms with Crippen molar-refractivity contribution in [3.05, 3.63) is 28.8 Å². The van der Waals surface area contributed by atoms with Crippen molar-refractivity contribution in [3.8, 4) is 0 Å². The minimum Gasteiger partial charge on any atom is -0.389 e. The molecule has 5 heteroatoms. The summed E-state index contributed by atoms with van der Waals surface area (Å²) in [6.07, 6.45) is -0.529. The highest BCUT2D eigenvalue weighted by Crippen LogP contribution is 2.29. The molecule has 4 nitrogen and oxygen atoms in total. The van der Waals surface area contributed by atoms with Gasteiger partial charge < -0.3 is 20.1 Å². The molecule has 108 valence electrons. The van der Waals surface area contributed by atoms with Crippen LogP contribution >= 0.6 is 11.6 Å². The second kappa shape index (κ2) is 8.38. The Hall–Kier alpha value is -0.810. The maximum atomic E-state index is 9.81. The fourth-order valence-electron chi connectivity index (χ4n) is 2.04. The molecular weight excluding hydrogens is 264 g/mol. The Morgan fingerprint density at radius 3 is 2.84 bits per heavy atom. The van der Waals surface area contributed by atoms with Gasteiger partial charge in [0.05, 0.1) is 23.4 Å². The van der Waals surface area contributed by atoms with E-state index in [1.54, 1.807) is 7.11 Å². The Balaban J connectivity index is 2.84. The Labute approximate surface area is 120 Å². The SMILES string of the molecule is CCNCc1cccc(Cl)c1N(C)CC(O)COC. The molecule has 0 aliphatic carbocycles. The van der Waals surface area contributed by atoms with Gasteiger partial charge in [-0.2, -0.15) is 0 Å². The first-order valence-corrected chi connectivity index (χ1v) is 6.84. The summed E-state index contributed by atoms with van der Waals surface area (Å²) in [6.45, 7) is 4.53. The minimum absolute atomic E-state index is 0.317. The van der Waals surface area contributed by atoms with Gasteiger partial charge >= 0.3 is 0 Å². The Morgan fingerprint density at radius 1 is 1.47 bits per heavy atom. The standard InChI is InChI=1S/C14H23ClN2O2/c1-4-16-8-11-6-5-7-13(15)14(11)17(2)9-12(18)10-19-3/h5-7,12,16,18H,4,8-10H2,1-3H3. The fraction of sp³-hybridized carbons (Fsp3) is 0.571. The van der Waals surface area contributed by atoms with Crippen LogP contribution in [0, 0.1) is 0 Å². The van der Waals surface area contributed by atoms with Crippen molar-refractivity contribution in [2.75, 3.05) is 38.8 Å². The van der Waals surface area contributed by atoms with Crippen molar-refractivity contribution in [3.63, 3.8) is 0 Å². The summed E-state index contributed by atoms with van der Waals surface area (Å²) in [6, 6.07) is 5.85. The van der Waals surface area contributed by atoms with E-state index in [9.17, 15) is 5.11 Å². The monoisotopic (exact) mass is 286 g/mol. The van der Waals surface area contributed by atoms with Crippen LogP contribution in [0.2, 0.25) is 5.02 Å². The highest BCUT2D eigenvalue weighted by Gasteiger charge is 2.14. The van der Waals surface area contributed by atoms with E-state index in [1.165, 1.54) is 0 Å². The summed E-state index contributed by atoms with van der Waals surface area (Å²) in [5.41, 5.74) is 2.08. The number of halogens is 1. The van der Waals surface area contributed by atoms with Crippen molar-refractivity contribution >= 4 is 17.3 Å². The van der Waals surface area contributed by atoms with Crippen LogP contribution in [0.1, 0.15) is 12.5 Å². The second-order valence-corrected chi connectivity index (χ2v) is 4.92. The van der Waals surface area contributed by atoms with Crippen LogP contribution in [0.5, 0.6) is 0 Å². The molecule has 0 radical (unpaired) electrons. The van der Waals surface area contributed by atoms with Gasteiger partial charge in [-0.25, -0.2) is 0 Å². The first-order chi connectivity index (χ1) is 9.10. The van der Waals surface area contributed by atoms with Crippen LogP contribution in [0.15, 0.2) is 18.2 Å². The molecule has 0 spiro atoms. The van der Waals surface area contributed by atoms with E-state index in [1.807, 2.05) is 30.1 Å². The summed E-state index contributed by atoms with van der Waals surface area (Å²) in [7, 11) is 3.50. The van der Waals surface area contributed by atoms with Gasteiger partial charge in [-0.1, -0.05) is 30.7 Å². The molecule has 0 aliphatic rings. The number of benzene rings is 1. The number of nitrogens with zero attached hydrogens (tertiary/aromatic N) is 1. The van der Waals surface area contributed by atoms with Gasteiger partial charge in [-0.3, -0.25) is 0 Å². The molecule has 1 atom stereocenters. The average Bonchev–Trinajstić information content (AvgIpc) is 2.36. The molecule has 0 saturated heterocycles. The minimum atomic E-state index is -0.529. The van der Waals surface area contributed by atoms with Crippen molar-refractivity contribution in [1.29, 1.82) is 0 Å². The normalized spacial score (nSPS) is 12.5. The number of hydrogen-bond acceptors (Lipinski definition) is 4. The smallest absolute Gasteiger partial charge is 0.0947 e. The lowest BCUT2D eigenvalue weighted by atomic mass is 10.1. The molecule has 2 N–H and O–H groups in total. The van der Waals surface area contributed by atoms with Crippen LogP contribution in [0.3, 0.4) is 0 Å². The molecule has 0 saturated carbocycles. The highest BCUT2D eigenvalue weighted by atomic mass is 35.5. The lowest BCUT2D eigenvalue weighted by Crippen LogP contribution is -2.33. The Morgan fingerprint density at radius 2 is 2.21 bits per heavy atom. The zero-order chi connectivity index (χ0) is 14.3. The topological polar surface area (TPSA) is 44.7 Å². The molecule has 0 heterocycles. The van der Waals surface area contributed by atoms with Crippen LogP contribution in [0.25, 0.3) is 0 Å². The molecule has 0 fully saturated rings. The zero-order valence-corrected chi connectivity index (χ0v) is 12.6. The first kappa shape index (κ1) is 16.2. The lowest BCUT2D eigenvalue weighted by molar-refractivity contribution is 0.0695. The highest BCUT2D eigenvalue weighted by molar-refractivity contribution is 6.33. The summed E-state index contributed by atoms with van der Waals surface area (Å²) in [5, 5.41) is 13.8. The van der Waals surface area contributed by atoms with Crippen LogP contribution in [-0.2, 0) is 11.3 Å². The molecule has 1 aromatic carbocycles. The first-order valence-electron chi connectivity index (χ1n) is 6.46. The number of aliphatic hydroxyl groups excluding tert-OH is 1. The Bertz CT molecular complexity index is 388. The lowest BCUT2D eigenvalue weighted by Gasteiger charge is -2.26. The summed E-state index contributed by atoms with van der Waals surface area (Å²) in [5.74, 6) is 0. The fourth-order valence-corrected chi connectivity index (χ4v) is 2.38. The zero-order valence-electron chi connectivity index (χ0n) is 11.8. The third-order valence-corrected chi connectivity index (χ3v) is 3.17. The van der Waals surface area contributed by atoms with Crippen molar-refractivity contribution in [2.24, 2.45) is 0 Å². The van der Waals surface area contributed by atoms with Gasteiger partial charge in [0.1, 0.15) is 0 Å².